The van der Waals surface area contributed by atoms with Gasteiger partial charge in [0.15, 0.2) is 0 Å². The van der Waals surface area contributed by atoms with E-state index in [2.05, 4.69) is 28.2 Å². The van der Waals surface area contributed by atoms with Gasteiger partial charge >= 0.3 is 6.03 Å². The van der Waals surface area contributed by atoms with E-state index in [0.717, 1.165) is 6.54 Å². The van der Waals surface area contributed by atoms with Crippen LogP contribution >= 0.6 is 22.9 Å². The maximum absolute atomic E-state index is 12.3. The fourth-order valence-corrected chi connectivity index (χ4v) is 3.55. The molecule has 2 amide bonds. The number of hydrogen-bond donors (Lipinski definition) is 1. The van der Waals surface area contributed by atoms with Gasteiger partial charge in [0.1, 0.15) is 6.04 Å². The first-order chi connectivity index (χ1) is 9.81. The van der Waals surface area contributed by atoms with E-state index in [-0.39, 0.29) is 12.1 Å². The van der Waals surface area contributed by atoms with Crippen LogP contribution in [0.15, 0.2) is 35.8 Å². The normalized spacial score (nSPS) is 17.9. The number of thiophene rings is 1. The van der Waals surface area contributed by atoms with Gasteiger partial charge in [-0.3, -0.25) is 0 Å². The average molecular weight is 310 g/mol. The summed E-state index contributed by atoms with van der Waals surface area (Å²) in [5, 5.41) is 4.92. The van der Waals surface area contributed by atoms with Crippen molar-refractivity contribution in [3.8, 4) is 0 Å². The van der Waals surface area contributed by atoms with Crippen molar-refractivity contribution in [2.45, 2.75) is 12.6 Å². The van der Waals surface area contributed by atoms with Crippen LogP contribution in [0.3, 0.4) is 0 Å². The Bertz CT molecular complexity index is 581. The molecule has 1 aliphatic heterocycles. The number of carbonyl (C=O) groups excluding carboxylic acids is 1. The largest absolute Gasteiger partial charge is 0.347 e. The molecule has 4 nitrogen and oxygen atoms in total. The molecule has 106 valence electrons. The molecule has 0 fully saturated rings. The zero-order valence-corrected chi connectivity index (χ0v) is 12.5. The highest BCUT2D eigenvalue weighted by Gasteiger charge is 2.32. The second-order valence-electron chi connectivity index (χ2n) is 4.66. The summed E-state index contributed by atoms with van der Waals surface area (Å²) in [6, 6.07) is 8.18. The van der Waals surface area contributed by atoms with Crippen molar-refractivity contribution in [2.75, 3.05) is 19.0 Å². The Kier molecular flexibility index (Phi) is 3.98. The first-order valence-corrected chi connectivity index (χ1v) is 8.01. The minimum absolute atomic E-state index is 0.00549. The molecule has 6 heteroatoms. The maximum atomic E-state index is 12.3. The Morgan fingerprint density at radius 2 is 2.30 bits per heavy atom. The van der Waals surface area contributed by atoms with E-state index in [0.29, 0.717) is 19.0 Å². The number of amides is 2. The topological polar surface area (TPSA) is 37.3 Å². The number of nitrogens with one attached hydrogen (secondary N) is 1. The standard InChI is InChI=1S/C14H16ClN3OS/c15-5-6-16-14(19)18-9-8-17-7-1-3-11(17)13(18)12-4-2-10-20-12/h1-4,7,10,13H,5-6,8-9H2,(H,16,19)/t13-/m0/s1. The Morgan fingerprint density at radius 3 is 3.05 bits per heavy atom. The molecule has 2 aromatic rings. The predicted molar refractivity (Wildman–Crippen MR) is 81.4 cm³/mol. The van der Waals surface area contributed by atoms with Crippen molar-refractivity contribution < 1.29 is 4.79 Å². The lowest BCUT2D eigenvalue weighted by atomic mass is 10.1. The van der Waals surface area contributed by atoms with E-state index in [1.807, 2.05) is 22.4 Å². The van der Waals surface area contributed by atoms with Crippen molar-refractivity contribution in [1.82, 2.24) is 14.8 Å². The number of nitrogens with zero attached hydrogens (tertiary/aromatic N) is 2. The minimum Gasteiger partial charge on any atom is -0.347 e. The van der Waals surface area contributed by atoms with Crippen LogP contribution in [0.5, 0.6) is 0 Å². The SMILES string of the molecule is O=C(NCCCl)N1CCn2cccc2[C@H]1c1cccs1. The molecule has 0 saturated carbocycles. The molecule has 0 aliphatic carbocycles. The second kappa shape index (κ2) is 5.89. The number of halogens is 1. The van der Waals surface area contributed by atoms with Crippen LogP contribution in [0.2, 0.25) is 0 Å². The highest BCUT2D eigenvalue weighted by atomic mass is 35.5. The summed E-state index contributed by atoms with van der Waals surface area (Å²) >= 11 is 7.33. The lowest BCUT2D eigenvalue weighted by Crippen LogP contribution is -2.47. The van der Waals surface area contributed by atoms with Gasteiger partial charge in [-0.05, 0) is 23.6 Å². The van der Waals surface area contributed by atoms with E-state index in [1.54, 1.807) is 11.3 Å². The van der Waals surface area contributed by atoms with Crippen LogP contribution in [0.4, 0.5) is 4.79 Å². The van der Waals surface area contributed by atoms with E-state index in [1.165, 1.54) is 10.6 Å². The fraction of sp³-hybridized carbons (Fsp3) is 0.357. The first-order valence-electron chi connectivity index (χ1n) is 6.60. The van der Waals surface area contributed by atoms with Gasteiger partial charge in [-0.1, -0.05) is 6.07 Å². The van der Waals surface area contributed by atoms with Gasteiger partial charge in [0.05, 0.1) is 0 Å². The summed E-state index contributed by atoms with van der Waals surface area (Å²) in [4.78, 5) is 15.4. The molecular weight excluding hydrogens is 294 g/mol. The highest BCUT2D eigenvalue weighted by Crippen LogP contribution is 2.34. The molecule has 20 heavy (non-hydrogen) atoms. The van der Waals surface area contributed by atoms with E-state index in [4.69, 9.17) is 11.6 Å². The van der Waals surface area contributed by atoms with E-state index in [9.17, 15) is 4.79 Å². The Hall–Kier alpha value is -1.46. The van der Waals surface area contributed by atoms with Crippen molar-refractivity contribution in [3.63, 3.8) is 0 Å². The van der Waals surface area contributed by atoms with Crippen LogP contribution in [0.1, 0.15) is 16.6 Å². The third-order valence-electron chi connectivity index (χ3n) is 3.48. The van der Waals surface area contributed by atoms with Gasteiger partial charge in [0.25, 0.3) is 0 Å². The number of carbonyl (C=O) groups is 1. The monoisotopic (exact) mass is 309 g/mol. The van der Waals surface area contributed by atoms with Gasteiger partial charge in [0, 0.05) is 42.3 Å². The Labute approximate surface area is 127 Å². The van der Waals surface area contributed by atoms with Crippen molar-refractivity contribution >= 4 is 29.0 Å². The molecular formula is C14H16ClN3OS. The molecule has 0 spiro atoms. The molecule has 0 saturated heterocycles. The maximum Gasteiger partial charge on any atom is 0.318 e. The van der Waals surface area contributed by atoms with Crippen molar-refractivity contribution in [2.24, 2.45) is 0 Å². The first kappa shape index (κ1) is 13.5. The fourth-order valence-electron chi connectivity index (χ4n) is 2.60. The van der Waals surface area contributed by atoms with Crippen LogP contribution in [-0.4, -0.2) is 34.5 Å². The van der Waals surface area contributed by atoms with Crippen LogP contribution < -0.4 is 5.32 Å². The third kappa shape index (κ3) is 2.43. The number of aromatic nitrogens is 1. The zero-order chi connectivity index (χ0) is 13.9. The molecule has 0 bridgehead atoms. The summed E-state index contributed by atoms with van der Waals surface area (Å²) in [6.45, 7) is 2.03. The molecule has 1 N–H and O–H groups in total. The summed E-state index contributed by atoms with van der Waals surface area (Å²) in [5.74, 6) is 0.430. The lowest BCUT2D eigenvalue weighted by molar-refractivity contribution is 0.170. The minimum atomic E-state index is -0.0449. The third-order valence-corrected chi connectivity index (χ3v) is 4.60. The van der Waals surface area contributed by atoms with Crippen molar-refractivity contribution in [1.29, 1.82) is 0 Å². The molecule has 0 unspecified atom stereocenters. The van der Waals surface area contributed by atoms with Crippen molar-refractivity contribution in [3.05, 3.63) is 46.4 Å². The summed E-state index contributed by atoms with van der Waals surface area (Å²) in [6.07, 6.45) is 2.07. The summed E-state index contributed by atoms with van der Waals surface area (Å²) in [7, 11) is 0. The van der Waals surface area contributed by atoms with E-state index >= 15 is 0 Å². The predicted octanol–water partition coefficient (Wildman–Crippen LogP) is 2.90. The quantitative estimate of drug-likeness (QED) is 0.870. The number of urea groups is 1. The van der Waals surface area contributed by atoms with Crippen LogP contribution in [0, 0.1) is 0 Å². The van der Waals surface area contributed by atoms with Gasteiger partial charge < -0.3 is 14.8 Å². The molecule has 1 aliphatic rings. The summed E-state index contributed by atoms with van der Waals surface area (Å²) in [5.41, 5.74) is 1.17. The number of fused-ring (bicyclic) bond motifs is 1. The molecule has 3 rings (SSSR count). The smallest absolute Gasteiger partial charge is 0.318 e. The van der Waals surface area contributed by atoms with E-state index < -0.39 is 0 Å². The van der Waals surface area contributed by atoms with Gasteiger partial charge in [-0.25, -0.2) is 4.79 Å². The number of rotatable bonds is 3. The molecule has 3 heterocycles. The molecule has 1 atom stereocenters. The van der Waals surface area contributed by atoms with Gasteiger partial charge in [0.2, 0.25) is 0 Å². The summed E-state index contributed by atoms with van der Waals surface area (Å²) < 4.78 is 2.22. The number of alkyl halides is 1. The lowest BCUT2D eigenvalue weighted by Gasteiger charge is -2.36. The zero-order valence-electron chi connectivity index (χ0n) is 11.0. The highest BCUT2D eigenvalue weighted by molar-refractivity contribution is 7.10. The second-order valence-corrected chi connectivity index (χ2v) is 6.02. The molecule has 0 aromatic carbocycles. The molecule has 0 radical (unpaired) electrons. The van der Waals surface area contributed by atoms with Gasteiger partial charge in [-0.15, -0.1) is 22.9 Å². The average Bonchev–Trinajstić information content (AvgIpc) is 3.13. The Morgan fingerprint density at radius 1 is 1.40 bits per heavy atom. The van der Waals surface area contributed by atoms with Gasteiger partial charge in [-0.2, -0.15) is 0 Å². The number of hydrogen-bond acceptors (Lipinski definition) is 2. The molecule has 2 aromatic heterocycles. The van der Waals surface area contributed by atoms with Crippen LogP contribution in [-0.2, 0) is 6.54 Å². The van der Waals surface area contributed by atoms with Crippen LogP contribution in [0.25, 0.3) is 0 Å². The Balaban J connectivity index is 1.92.